The normalized spacial score (nSPS) is 12.5. The topological polar surface area (TPSA) is 48.1 Å². The lowest BCUT2D eigenvalue weighted by Gasteiger charge is -2.42. The lowest BCUT2D eigenvalue weighted by Crippen LogP contribution is -2.68. The van der Waals surface area contributed by atoms with Crippen molar-refractivity contribution in [3.05, 3.63) is 151 Å². The van der Waals surface area contributed by atoms with Gasteiger partial charge in [-0.05, 0) is 63.3 Å². The number of hydrogen-bond donors (Lipinski definition) is 1. The first kappa shape index (κ1) is 29.0. The second kappa shape index (κ2) is 12.2. The molecule has 1 unspecified atom stereocenters. The Bertz CT molecular complexity index is 1610. The molecule has 5 aromatic rings. The lowest BCUT2D eigenvalue weighted by molar-refractivity contribution is 0.505. The van der Waals surface area contributed by atoms with Gasteiger partial charge in [0.05, 0.1) is 6.20 Å². The van der Waals surface area contributed by atoms with E-state index in [0.29, 0.717) is 17.7 Å². The maximum atomic E-state index is 14.0. The quantitative estimate of drug-likeness (QED) is 0.110. The first-order chi connectivity index (χ1) is 20.2. The minimum absolute atomic E-state index is 0.0286. The SMILES string of the molecule is C=CCC(c1cccc(-c2cc(F)ccc2N)c1)c1ccc(O[Si](c2ccccc2)(c2ccccc2)C(C)(C)C)cn1. The third kappa shape index (κ3) is 5.79. The van der Waals surface area contributed by atoms with Crippen LogP contribution in [0.15, 0.2) is 134 Å². The zero-order valence-corrected chi connectivity index (χ0v) is 25.4. The zero-order chi connectivity index (χ0) is 29.7. The van der Waals surface area contributed by atoms with E-state index < -0.39 is 8.32 Å². The third-order valence-electron chi connectivity index (χ3n) is 7.82. The van der Waals surface area contributed by atoms with Crippen LogP contribution in [0, 0.1) is 5.82 Å². The molecule has 0 bridgehead atoms. The van der Waals surface area contributed by atoms with Crippen molar-refractivity contribution < 1.29 is 8.82 Å². The molecule has 1 heterocycles. The summed E-state index contributed by atoms with van der Waals surface area (Å²) in [6.07, 6.45) is 4.45. The van der Waals surface area contributed by atoms with Crippen molar-refractivity contribution in [3.8, 4) is 16.9 Å². The molecule has 0 saturated carbocycles. The summed E-state index contributed by atoms with van der Waals surface area (Å²) in [5, 5.41) is 2.27. The van der Waals surface area contributed by atoms with Crippen molar-refractivity contribution in [3.63, 3.8) is 0 Å². The van der Waals surface area contributed by atoms with Crippen molar-refractivity contribution in [2.75, 3.05) is 5.73 Å². The molecule has 1 aromatic heterocycles. The van der Waals surface area contributed by atoms with Gasteiger partial charge in [-0.1, -0.05) is 112 Å². The van der Waals surface area contributed by atoms with Crippen LogP contribution < -0.4 is 20.5 Å². The van der Waals surface area contributed by atoms with Crippen LogP contribution in [0.3, 0.4) is 0 Å². The molecule has 1 atom stereocenters. The largest absolute Gasteiger partial charge is 0.533 e. The van der Waals surface area contributed by atoms with Crippen molar-refractivity contribution >= 4 is 24.4 Å². The molecule has 5 heteroatoms. The Kier molecular flexibility index (Phi) is 8.41. The molecule has 0 saturated heterocycles. The molecule has 4 aromatic carbocycles. The highest BCUT2D eigenvalue weighted by molar-refractivity contribution is 7.00. The molecule has 0 amide bonds. The number of aromatic nitrogens is 1. The molecule has 212 valence electrons. The number of nitrogens with zero attached hydrogens (tertiary/aromatic N) is 1. The average molecular weight is 573 g/mol. The molecule has 0 aliphatic carbocycles. The van der Waals surface area contributed by atoms with Crippen LogP contribution in [0.1, 0.15) is 44.4 Å². The van der Waals surface area contributed by atoms with Crippen LogP contribution in [0.25, 0.3) is 11.1 Å². The van der Waals surface area contributed by atoms with E-state index in [9.17, 15) is 4.39 Å². The molecule has 0 aliphatic heterocycles. The summed E-state index contributed by atoms with van der Waals surface area (Å²) >= 11 is 0. The Morgan fingerprint density at radius 2 is 1.52 bits per heavy atom. The molecule has 2 N–H and O–H groups in total. The average Bonchev–Trinajstić information content (AvgIpc) is 3.00. The summed E-state index contributed by atoms with van der Waals surface area (Å²) in [5.41, 5.74) is 10.2. The molecule has 0 radical (unpaired) electrons. The Labute approximate surface area is 249 Å². The van der Waals surface area contributed by atoms with Crippen LogP contribution in [-0.4, -0.2) is 13.3 Å². The number of pyridine rings is 1. The number of allylic oxidation sites excluding steroid dienone is 1. The van der Waals surface area contributed by atoms with Crippen LogP contribution >= 0.6 is 0 Å². The number of hydrogen-bond acceptors (Lipinski definition) is 3. The maximum Gasteiger partial charge on any atom is 0.320 e. The molecular weight excluding hydrogens is 536 g/mol. The summed E-state index contributed by atoms with van der Waals surface area (Å²) in [5.74, 6) is 0.399. The monoisotopic (exact) mass is 572 g/mol. The summed E-state index contributed by atoms with van der Waals surface area (Å²) in [6, 6.07) is 37.8. The van der Waals surface area contributed by atoms with Gasteiger partial charge in [-0.25, -0.2) is 4.39 Å². The van der Waals surface area contributed by atoms with Crippen molar-refractivity contribution in [2.45, 2.75) is 38.1 Å². The standard InChI is InChI=1S/C37H37FN2OSi/c1-5-13-33(27-14-12-15-28(24-27)34-25-29(38)20-22-35(34)39)36-23-21-30(26-40-36)41-42(37(2,3)4,31-16-8-6-9-17-31)32-18-10-7-11-19-32/h5-12,14-26,33H,1,13,39H2,2-4H3. The van der Waals surface area contributed by atoms with Gasteiger partial charge in [0.2, 0.25) is 0 Å². The first-order valence-corrected chi connectivity index (χ1v) is 16.2. The first-order valence-electron chi connectivity index (χ1n) is 14.2. The highest BCUT2D eigenvalue weighted by Gasteiger charge is 2.52. The van der Waals surface area contributed by atoms with Crippen LogP contribution in [0.4, 0.5) is 10.1 Å². The van der Waals surface area contributed by atoms with Crippen molar-refractivity contribution in [1.29, 1.82) is 0 Å². The van der Waals surface area contributed by atoms with E-state index in [1.807, 2.05) is 48.7 Å². The molecular formula is C37H37FN2OSi. The number of nitrogens with two attached hydrogens (primary N) is 1. The summed E-state index contributed by atoms with van der Waals surface area (Å²) in [6.45, 7) is 10.8. The van der Waals surface area contributed by atoms with Gasteiger partial charge in [-0.15, -0.1) is 6.58 Å². The number of benzene rings is 4. The van der Waals surface area contributed by atoms with Crippen molar-refractivity contribution in [1.82, 2.24) is 4.98 Å². The second-order valence-electron chi connectivity index (χ2n) is 11.6. The number of anilines is 1. The van der Waals surface area contributed by atoms with Gasteiger partial charge in [0.1, 0.15) is 11.6 Å². The number of rotatable bonds is 9. The number of nitrogen functional groups attached to an aromatic ring is 1. The van der Waals surface area contributed by atoms with E-state index >= 15 is 0 Å². The smallest absolute Gasteiger partial charge is 0.320 e. The van der Waals surface area contributed by atoms with Gasteiger partial charge in [-0.2, -0.15) is 0 Å². The Balaban J connectivity index is 1.52. The summed E-state index contributed by atoms with van der Waals surface area (Å²) in [7, 11) is -2.77. The van der Waals surface area contributed by atoms with E-state index in [0.717, 1.165) is 22.6 Å². The zero-order valence-electron chi connectivity index (χ0n) is 24.4. The fourth-order valence-electron chi connectivity index (χ4n) is 5.78. The second-order valence-corrected chi connectivity index (χ2v) is 15.8. The van der Waals surface area contributed by atoms with Gasteiger partial charge < -0.3 is 10.2 Å². The third-order valence-corrected chi connectivity index (χ3v) is 12.8. The molecule has 0 aliphatic rings. The fraction of sp³-hybridized carbons (Fsp3) is 0.162. The van der Waals surface area contributed by atoms with E-state index in [-0.39, 0.29) is 16.8 Å². The van der Waals surface area contributed by atoms with Crippen LogP contribution in [-0.2, 0) is 0 Å². The Morgan fingerprint density at radius 3 is 2.10 bits per heavy atom. The van der Waals surface area contributed by atoms with Crippen LogP contribution in [0.5, 0.6) is 5.75 Å². The van der Waals surface area contributed by atoms with E-state index in [2.05, 4.69) is 88.0 Å². The van der Waals surface area contributed by atoms with Gasteiger partial charge in [0.25, 0.3) is 0 Å². The molecule has 42 heavy (non-hydrogen) atoms. The minimum atomic E-state index is -2.77. The molecule has 5 rings (SSSR count). The van der Waals surface area contributed by atoms with E-state index in [4.69, 9.17) is 15.1 Å². The Hall–Kier alpha value is -4.48. The van der Waals surface area contributed by atoms with Crippen molar-refractivity contribution in [2.24, 2.45) is 0 Å². The predicted molar refractivity (Wildman–Crippen MR) is 175 cm³/mol. The molecule has 0 fully saturated rings. The fourth-order valence-corrected chi connectivity index (χ4v) is 10.2. The molecule has 0 spiro atoms. The van der Waals surface area contributed by atoms with Crippen LogP contribution in [0.2, 0.25) is 5.04 Å². The van der Waals surface area contributed by atoms with Gasteiger partial charge in [-0.3, -0.25) is 4.98 Å². The summed E-state index contributed by atoms with van der Waals surface area (Å²) < 4.78 is 21.2. The lowest BCUT2D eigenvalue weighted by atomic mass is 9.89. The highest BCUT2D eigenvalue weighted by Crippen LogP contribution is 2.38. The van der Waals surface area contributed by atoms with Gasteiger partial charge in [0, 0.05) is 22.9 Å². The van der Waals surface area contributed by atoms with Gasteiger partial charge >= 0.3 is 8.32 Å². The minimum Gasteiger partial charge on any atom is -0.533 e. The summed E-state index contributed by atoms with van der Waals surface area (Å²) in [4.78, 5) is 4.93. The van der Waals surface area contributed by atoms with Gasteiger partial charge in [0.15, 0.2) is 0 Å². The maximum absolute atomic E-state index is 14.0. The number of halogens is 1. The predicted octanol–water partition coefficient (Wildman–Crippen LogP) is 8.12. The van der Waals surface area contributed by atoms with E-state index in [1.165, 1.54) is 22.5 Å². The van der Waals surface area contributed by atoms with E-state index in [1.54, 1.807) is 6.07 Å². The molecule has 3 nitrogen and oxygen atoms in total. The highest BCUT2D eigenvalue weighted by atomic mass is 28.4. The Morgan fingerprint density at radius 1 is 0.857 bits per heavy atom.